The van der Waals surface area contributed by atoms with Crippen molar-refractivity contribution in [1.29, 1.82) is 0 Å². The fraction of sp³-hybridized carbons (Fsp3) is 0.667. The summed E-state index contributed by atoms with van der Waals surface area (Å²) in [6, 6.07) is 5.11. The van der Waals surface area contributed by atoms with Crippen molar-refractivity contribution in [2.24, 2.45) is 5.92 Å². The summed E-state index contributed by atoms with van der Waals surface area (Å²) in [4.78, 5) is 6.61. The van der Waals surface area contributed by atoms with Crippen LogP contribution in [-0.4, -0.2) is 36.1 Å². The molecular weight excluding hydrogens is 222 g/mol. The number of piperidine rings is 1. The molecule has 0 spiro atoms. The molecule has 1 aromatic rings. The number of hydrogen-bond donors (Lipinski definition) is 1. The van der Waals surface area contributed by atoms with Crippen LogP contribution in [0.25, 0.3) is 0 Å². The van der Waals surface area contributed by atoms with Crippen molar-refractivity contribution >= 4 is 0 Å². The van der Waals surface area contributed by atoms with Crippen LogP contribution in [0, 0.1) is 5.92 Å². The van der Waals surface area contributed by atoms with Crippen molar-refractivity contribution in [3.63, 3.8) is 0 Å². The molecule has 1 fully saturated rings. The van der Waals surface area contributed by atoms with Crippen LogP contribution in [0.1, 0.15) is 38.3 Å². The standard InChI is InChI=1S/C15H25N3/c1-12(14-6-9-18(3)10-7-14)17-13(2)15-5-4-8-16-11-15/h4-5,8,11-14,17H,6-7,9-10H2,1-3H3. The Balaban J connectivity index is 1.85. The largest absolute Gasteiger partial charge is 0.307 e. The van der Waals surface area contributed by atoms with Gasteiger partial charge < -0.3 is 10.2 Å². The number of hydrogen-bond acceptors (Lipinski definition) is 3. The van der Waals surface area contributed by atoms with E-state index in [4.69, 9.17) is 0 Å². The Morgan fingerprint density at radius 1 is 1.33 bits per heavy atom. The summed E-state index contributed by atoms with van der Waals surface area (Å²) in [7, 11) is 2.21. The Bertz CT molecular complexity index is 344. The number of pyridine rings is 1. The van der Waals surface area contributed by atoms with Gasteiger partial charge in [-0.05, 0) is 64.4 Å². The van der Waals surface area contributed by atoms with Crippen LogP contribution in [0.5, 0.6) is 0 Å². The molecule has 0 aromatic carbocycles. The molecule has 0 radical (unpaired) electrons. The molecule has 100 valence electrons. The summed E-state index contributed by atoms with van der Waals surface area (Å²) in [5.74, 6) is 0.806. The fourth-order valence-corrected chi connectivity index (χ4v) is 2.79. The average molecular weight is 247 g/mol. The second-order valence-electron chi connectivity index (χ2n) is 5.60. The minimum atomic E-state index is 0.383. The maximum absolute atomic E-state index is 4.19. The maximum Gasteiger partial charge on any atom is 0.0315 e. The summed E-state index contributed by atoms with van der Waals surface area (Å²) in [6.45, 7) is 7.02. The molecule has 0 saturated carbocycles. The van der Waals surface area contributed by atoms with Crippen LogP contribution >= 0.6 is 0 Å². The predicted octanol–water partition coefficient (Wildman–Crippen LogP) is 2.46. The van der Waals surface area contributed by atoms with Crippen molar-refractivity contribution in [3.05, 3.63) is 30.1 Å². The molecule has 2 unspecified atom stereocenters. The third-order valence-electron chi connectivity index (χ3n) is 4.17. The van der Waals surface area contributed by atoms with Gasteiger partial charge in [0.2, 0.25) is 0 Å². The molecule has 1 N–H and O–H groups in total. The number of rotatable bonds is 4. The molecule has 1 aromatic heterocycles. The highest BCUT2D eigenvalue weighted by Crippen LogP contribution is 2.22. The van der Waals surface area contributed by atoms with E-state index < -0.39 is 0 Å². The first kappa shape index (κ1) is 13.5. The topological polar surface area (TPSA) is 28.2 Å². The molecule has 0 aliphatic carbocycles. The van der Waals surface area contributed by atoms with Gasteiger partial charge in [0.05, 0.1) is 0 Å². The van der Waals surface area contributed by atoms with Crippen molar-refractivity contribution in [2.75, 3.05) is 20.1 Å². The zero-order valence-corrected chi connectivity index (χ0v) is 11.8. The van der Waals surface area contributed by atoms with E-state index in [2.05, 4.69) is 42.2 Å². The highest BCUT2D eigenvalue weighted by molar-refractivity contribution is 5.13. The molecule has 1 aliphatic heterocycles. The van der Waals surface area contributed by atoms with E-state index in [9.17, 15) is 0 Å². The fourth-order valence-electron chi connectivity index (χ4n) is 2.79. The Hall–Kier alpha value is -0.930. The summed E-state index contributed by atoms with van der Waals surface area (Å²) in [5.41, 5.74) is 1.28. The average Bonchev–Trinajstić information content (AvgIpc) is 2.40. The monoisotopic (exact) mass is 247 g/mol. The highest BCUT2D eigenvalue weighted by Gasteiger charge is 2.23. The smallest absolute Gasteiger partial charge is 0.0315 e. The first-order chi connectivity index (χ1) is 8.66. The molecule has 3 nitrogen and oxygen atoms in total. The van der Waals surface area contributed by atoms with Gasteiger partial charge in [0.15, 0.2) is 0 Å². The Kier molecular flexibility index (Phi) is 4.72. The lowest BCUT2D eigenvalue weighted by Crippen LogP contribution is -2.41. The molecule has 2 atom stereocenters. The quantitative estimate of drug-likeness (QED) is 0.886. The number of likely N-dealkylation sites (tertiary alicyclic amines) is 1. The third kappa shape index (κ3) is 3.53. The van der Waals surface area contributed by atoms with Crippen molar-refractivity contribution in [2.45, 2.75) is 38.8 Å². The Labute approximate surface area is 111 Å². The lowest BCUT2D eigenvalue weighted by Gasteiger charge is -2.34. The van der Waals surface area contributed by atoms with Crippen molar-refractivity contribution in [1.82, 2.24) is 15.2 Å². The third-order valence-corrected chi connectivity index (χ3v) is 4.17. The lowest BCUT2D eigenvalue weighted by molar-refractivity contribution is 0.185. The first-order valence-electron chi connectivity index (χ1n) is 7.01. The zero-order valence-electron chi connectivity index (χ0n) is 11.8. The van der Waals surface area contributed by atoms with Gasteiger partial charge in [-0.3, -0.25) is 4.98 Å². The normalized spacial score (nSPS) is 21.7. The van der Waals surface area contributed by atoms with Crippen LogP contribution in [0.2, 0.25) is 0 Å². The van der Waals surface area contributed by atoms with Gasteiger partial charge in [-0.2, -0.15) is 0 Å². The number of nitrogens with zero attached hydrogens (tertiary/aromatic N) is 2. The molecule has 0 bridgehead atoms. The van der Waals surface area contributed by atoms with Crippen LogP contribution in [0.4, 0.5) is 0 Å². The van der Waals surface area contributed by atoms with Gasteiger partial charge in [-0.15, -0.1) is 0 Å². The minimum Gasteiger partial charge on any atom is -0.307 e. The highest BCUT2D eigenvalue weighted by atomic mass is 15.1. The van der Waals surface area contributed by atoms with E-state index >= 15 is 0 Å². The van der Waals surface area contributed by atoms with Crippen LogP contribution in [0.15, 0.2) is 24.5 Å². The van der Waals surface area contributed by atoms with Crippen molar-refractivity contribution in [3.8, 4) is 0 Å². The Morgan fingerprint density at radius 3 is 2.67 bits per heavy atom. The van der Waals surface area contributed by atoms with E-state index in [-0.39, 0.29) is 0 Å². The summed E-state index contributed by atoms with van der Waals surface area (Å²) >= 11 is 0. The second-order valence-corrected chi connectivity index (χ2v) is 5.60. The van der Waals surface area contributed by atoms with E-state index in [1.165, 1.54) is 31.5 Å². The van der Waals surface area contributed by atoms with E-state index in [1.807, 2.05) is 18.5 Å². The SMILES string of the molecule is CC(NC(C)C1CCN(C)CC1)c1cccnc1. The number of aromatic nitrogens is 1. The van der Waals surface area contributed by atoms with Gasteiger partial charge in [-0.1, -0.05) is 6.07 Å². The Morgan fingerprint density at radius 2 is 2.06 bits per heavy atom. The van der Waals surface area contributed by atoms with Gasteiger partial charge >= 0.3 is 0 Å². The van der Waals surface area contributed by atoms with Crippen molar-refractivity contribution < 1.29 is 0 Å². The maximum atomic E-state index is 4.19. The molecule has 1 saturated heterocycles. The minimum absolute atomic E-state index is 0.383. The van der Waals surface area contributed by atoms with Crippen LogP contribution in [0.3, 0.4) is 0 Å². The van der Waals surface area contributed by atoms with Crippen LogP contribution in [-0.2, 0) is 0 Å². The zero-order chi connectivity index (χ0) is 13.0. The lowest BCUT2D eigenvalue weighted by atomic mass is 9.90. The number of nitrogens with one attached hydrogen (secondary N) is 1. The molecule has 18 heavy (non-hydrogen) atoms. The van der Waals surface area contributed by atoms with Crippen LogP contribution < -0.4 is 5.32 Å². The molecule has 2 rings (SSSR count). The summed E-state index contributed by atoms with van der Waals surface area (Å²) in [6.07, 6.45) is 6.41. The van der Waals surface area contributed by atoms with Gasteiger partial charge in [0.1, 0.15) is 0 Å². The van der Waals surface area contributed by atoms with E-state index in [1.54, 1.807) is 0 Å². The van der Waals surface area contributed by atoms with E-state index in [0.29, 0.717) is 12.1 Å². The van der Waals surface area contributed by atoms with Gasteiger partial charge in [-0.25, -0.2) is 0 Å². The van der Waals surface area contributed by atoms with Gasteiger partial charge in [0.25, 0.3) is 0 Å². The summed E-state index contributed by atoms with van der Waals surface area (Å²) in [5, 5.41) is 3.72. The molecule has 0 amide bonds. The predicted molar refractivity (Wildman–Crippen MR) is 75.5 cm³/mol. The molecule has 3 heteroatoms. The van der Waals surface area contributed by atoms with E-state index in [0.717, 1.165) is 5.92 Å². The molecule has 1 aliphatic rings. The van der Waals surface area contributed by atoms with Gasteiger partial charge in [0, 0.05) is 24.5 Å². The summed E-state index contributed by atoms with van der Waals surface area (Å²) < 4.78 is 0. The second kappa shape index (κ2) is 6.30. The molecule has 2 heterocycles. The first-order valence-corrected chi connectivity index (χ1v) is 7.01. The molecular formula is C15H25N3.